The van der Waals surface area contributed by atoms with Crippen LogP contribution in [-0.2, 0) is 6.54 Å². The Morgan fingerprint density at radius 3 is 2.72 bits per heavy atom. The van der Waals surface area contributed by atoms with Gasteiger partial charge in [0.25, 0.3) is 5.69 Å². The first-order valence-corrected chi connectivity index (χ1v) is 6.38. The molecule has 0 fully saturated rings. The highest BCUT2D eigenvalue weighted by Gasteiger charge is 2.18. The number of nitrogens with one attached hydrogen (secondary N) is 1. The smallest absolute Gasteiger partial charge is 0.278 e. The molecule has 1 heterocycles. The van der Waals surface area contributed by atoms with E-state index in [0.717, 1.165) is 18.7 Å². The van der Waals surface area contributed by atoms with Gasteiger partial charge in [-0.25, -0.2) is 0 Å². The fourth-order valence-corrected chi connectivity index (χ4v) is 1.93. The van der Waals surface area contributed by atoms with E-state index >= 15 is 0 Å². The Bertz CT molecular complexity index is 419. The van der Waals surface area contributed by atoms with E-state index in [2.05, 4.69) is 17.2 Å². The van der Waals surface area contributed by atoms with Crippen LogP contribution >= 0.6 is 0 Å². The van der Waals surface area contributed by atoms with Gasteiger partial charge in [0.15, 0.2) is 0 Å². The second-order valence-corrected chi connectivity index (χ2v) is 4.50. The number of pyridine rings is 1. The summed E-state index contributed by atoms with van der Waals surface area (Å²) in [6.07, 6.45) is 5.10. The summed E-state index contributed by atoms with van der Waals surface area (Å²) < 4.78 is 0. The lowest BCUT2D eigenvalue weighted by Crippen LogP contribution is -2.17. The molecule has 1 aromatic rings. The number of aromatic nitrogens is 1. The lowest BCUT2D eigenvalue weighted by Gasteiger charge is -2.08. The number of nitro groups is 1. The summed E-state index contributed by atoms with van der Waals surface area (Å²) >= 11 is 0. The van der Waals surface area contributed by atoms with Crippen LogP contribution in [0.1, 0.15) is 43.0 Å². The van der Waals surface area contributed by atoms with Gasteiger partial charge in [-0.1, -0.05) is 19.8 Å². The average molecular weight is 251 g/mol. The van der Waals surface area contributed by atoms with Crippen LogP contribution in [0.5, 0.6) is 0 Å². The average Bonchev–Trinajstić information content (AvgIpc) is 2.31. The van der Waals surface area contributed by atoms with E-state index in [4.69, 9.17) is 0 Å². The summed E-state index contributed by atoms with van der Waals surface area (Å²) in [5.74, 6) is 0. The zero-order valence-electron chi connectivity index (χ0n) is 11.3. The third-order valence-electron chi connectivity index (χ3n) is 3.01. The molecule has 100 valence electrons. The van der Waals surface area contributed by atoms with Crippen LogP contribution in [0.4, 0.5) is 5.69 Å². The van der Waals surface area contributed by atoms with Crippen molar-refractivity contribution in [3.8, 4) is 0 Å². The third kappa shape index (κ3) is 3.77. The van der Waals surface area contributed by atoms with Crippen molar-refractivity contribution in [1.82, 2.24) is 10.3 Å². The first-order valence-electron chi connectivity index (χ1n) is 6.38. The van der Waals surface area contributed by atoms with E-state index in [9.17, 15) is 10.1 Å². The van der Waals surface area contributed by atoms with Crippen LogP contribution in [0.2, 0.25) is 0 Å². The van der Waals surface area contributed by atoms with E-state index in [1.807, 2.05) is 0 Å². The number of hydrogen-bond acceptors (Lipinski definition) is 4. The molecule has 0 amide bonds. The predicted octanol–water partition coefficient (Wildman–Crippen LogP) is 2.89. The highest BCUT2D eigenvalue weighted by molar-refractivity contribution is 5.47. The maximum Gasteiger partial charge on any atom is 0.278 e. The van der Waals surface area contributed by atoms with E-state index in [1.165, 1.54) is 12.8 Å². The quantitative estimate of drug-likeness (QED) is 0.459. The highest BCUT2D eigenvalue weighted by Crippen LogP contribution is 2.23. The van der Waals surface area contributed by atoms with Crippen molar-refractivity contribution < 1.29 is 4.92 Å². The molecule has 0 bridgehead atoms. The molecule has 0 aromatic carbocycles. The maximum absolute atomic E-state index is 11.0. The summed E-state index contributed by atoms with van der Waals surface area (Å²) in [6.45, 7) is 7.17. The van der Waals surface area contributed by atoms with Crippen molar-refractivity contribution in [2.75, 3.05) is 6.54 Å². The molecule has 1 rings (SSSR count). The van der Waals surface area contributed by atoms with Gasteiger partial charge in [-0.15, -0.1) is 0 Å². The summed E-state index contributed by atoms with van der Waals surface area (Å²) in [4.78, 5) is 14.9. The third-order valence-corrected chi connectivity index (χ3v) is 3.01. The van der Waals surface area contributed by atoms with Crippen molar-refractivity contribution in [3.63, 3.8) is 0 Å². The van der Waals surface area contributed by atoms with Gasteiger partial charge in [-0.2, -0.15) is 0 Å². The van der Waals surface area contributed by atoms with Crippen molar-refractivity contribution in [1.29, 1.82) is 0 Å². The molecule has 0 unspecified atom stereocenters. The van der Waals surface area contributed by atoms with Crippen LogP contribution in [0, 0.1) is 24.0 Å². The van der Waals surface area contributed by atoms with Gasteiger partial charge < -0.3 is 5.32 Å². The SMILES string of the molecule is CCCCCNCc1ncc(C)c([N+](=O)[O-])c1C. The fourth-order valence-electron chi connectivity index (χ4n) is 1.93. The molecule has 0 aliphatic rings. The second-order valence-electron chi connectivity index (χ2n) is 4.50. The highest BCUT2D eigenvalue weighted by atomic mass is 16.6. The summed E-state index contributed by atoms with van der Waals surface area (Å²) in [7, 11) is 0. The number of rotatable bonds is 7. The van der Waals surface area contributed by atoms with Gasteiger partial charge in [-0.3, -0.25) is 15.1 Å². The van der Waals surface area contributed by atoms with Crippen molar-refractivity contribution in [3.05, 3.63) is 33.1 Å². The molecule has 1 aromatic heterocycles. The Morgan fingerprint density at radius 1 is 1.39 bits per heavy atom. The lowest BCUT2D eigenvalue weighted by molar-refractivity contribution is -0.386. The molecule has 5 heteroatoms. The molecular formula is C13H21N3O2. The predicted molar refractivity (Wildman–Crippen MR) is 71.6 cm³/mol. The topological polar surface area (TPSA) is 68.1 Å². The lowest BCUT2D eigenvalue weighted by atomic mass is 10.1. The van der Waals surface area contributed by atoms with Crippen molar-refractivity contribution >= 4 is 5.69 Å². The number of hydrogen-bond donors (Lipinski definition) is 1. The zero-order chi connectivity index (χ0) is 13.5. The molecule has 18 heavy (non-hydrogen) atoms. The molecule has 0 atom stereocenters. The maximum atomic E-state index is 11.0. The molecule has 0 radical (unpaired) electrons. The van der Waals surface area contributed by atoms with Gasteiger partial charge >= 0.3 is 0 Å². The van der Waals surface area contributed by atoms with E-state index < -0.39 is 0 Å². The Labute approximate surface area is 108 Å². The first kappa shape index (κ1) is 14.6. The molecule has 0 aliphatic carbocycles. The normalized spacial score (nSPS) is 10.6. The fraction of sp³-hybridized carbons (Fsp3) is 0.615. The van der Waals surface area contributed by atoms with E-state index in [1.54, 1.807) is 20.0 Å². The van der Waals surface area contributed by atoms with Gasteiger partial charge in [0.2, 0.25) is 0 Å². The Morgan fingerprint density at radius 2 is 2.11 bits per heavy atom. The number of unbranched alkanes of at least 4 members (excludes halogenated alkanes) is 2. The minimum atomic E-state index is -0.326. The minimum absolute atomic E-state index is 0.190. The van der Waals surface area contributed by atoms with Crippen LogP contribution < -0.4 is 5.32 Å². The minimum Gasteiger partial charge on any atom is -0.311 e. The Balaban J connectivity index is 2.67. The number of aryl methyl sites for hydroxylation is 1. The van der Waals surface area contributed by atoms with Crippen LogP contribution in [0.3, 0.4) is 0 Å². The Hall–Kier alpha value is -1.49. The Kier molecular flexibility index (Phi) is 5.71. The van der Waals surface area contributed by atoms with Gasteiger partial charge in [-0.05, 0) is 26.8 Å². The molecule has 0 saturated heterocycles. The molecule has 5 nitrogen and oxygen atoms in total. The molecule has 0 saturated carbocycles. The first-order chi connectivity index (χ1) is 8.57. The van der Waals surface area contributed by atoms with Crippen LogP contribution in [0.15, 0.2) is 6.20 Å². The van der Waals surface area contributed by atoms with Gasteiger partial charge in [0, 0.05) is 23.9 Å². The molecule has 1 N–H and O–H groups in total. The monoisotopic (exact) mass is 251 g/mol. The largest absolute Gasteiger partial charge is 0.311 e. The van der Waals surface area contributed by atoms with Gasteiger partial charge in [0.1, 0.15) is 0 Å². The van der Waals surface area contributed by atoms with Crippen LogP contribution in [0.25, 0.3) is 0 Å². The van der Waals surface area contributed by atoms with Crippen LogP contribution in [-0.4, -0.2) is 16.5 Å². The summed E-state index contributed by atoms with van der Waals surface area (Å²) in [5, 5.41) is 14.2. The molecular weight excluding hydrogens is 230 g/mol. The molecule has 0 spiro atoms. The standard InChI is InChI=1S/C13H21N3O2/c1-4-5-6-7-14-9-12-11(3)13(16(17)18)10(2)8-15-12/h8,14H,4-7,9H2,1-3H3. The van der Waals surface area contributed by atoms with Crippen molar-refractivity contribution in [2.45, 2.75) is 46.6 Å². The van der Waals surface area contributed by atoms with Gasteiger partial charge in [0.05, 0.1) is 10.6 Å². The summed E-state index contributed by atoms with van der Waals surface area (Å²) in [5.41, 5.74) is 2.24. The number of nitrogens with zero attached hydrogens (tertiary/aromatic N) is 2. The second kappa shape index (κ2) is 7.06. The van der Waals surface area contributed by atoms with Crippen molar-refractivity contribution in [2.24, 2.45) is 0 Å². The zero-order valence-corrected chi connectivity index (χ0v) is 11.3. The summed E-state index contributed by atoms with van der Waals surface area (Å²) in [6, 6.07) is 0. The van der Waals surface area contributed by atoms with E-state index in [-0.39, 0.29) is 10.6 Å². The molecule has 0 aliphatic heterocycles. The van der Waals surface area contributed by atoms with E-state index in [0.29, 0.717) is 17.7 Å².